The number of rotatable bonds is 5. The van der Waals surface area contributed by atoms with Crippen molar-refractivity contribution < 1.29 is 13.2 Å². The zero-order chi connectivity index (χ0) is 21.3. The number of halogens is 1. The molecule has 0 spiro atoms. The SMILES string of the molecule is COc1cc(-c2cccc3cnc(Nc4ccc(S(N)(=O)=O)cc4)nc23)c(Cl)cn1. The van der Waals surface area contributed by atoms with Crippen molar-refractivity contribution in [2.45, 2.75) is 4.90 Å². The van der Waals surface area contributed by atoms with E-state index in [1.165, 1.54) is 25.4 Å². The van der Waals surface area contributed by atoms with Crippen LogP contribution in [0.3, 0.4) is 0 Å². The fourth-order valence-corrected chi connectivity index (χ4v) is 3.65. The van der Waals surface area contributed by atoms with E-state index < -0.39 is 10.0 Å². The van der Waals surface area contributed by atoms with Crippen LogP contribution in [0.15, 0.2) is 65.8 Å². The molecule has 4 rings (SSSR count). The van der Waals surface area contributed by atoms with Crippen molar-refractivity contribution in [2.75, 3.05) is 12.4 Å². The number of benzene rings is 2. The lowest BCUT2D eigenvalue weighted by Gasteiger charge is -2.11. The summed E-state index contributed by atoms with van der Waals surface area (Å²) in [6.07, 6.45) is 3.22. The third-order valence-corrected chi connectivity index (χ3v) is 5.61. The van der Waals surface area contributed by atoms with Crippen LogP contribution in [0.2, 0.25) is 5.02 Å². The number of pyridine rings is 1. The summed E-state index contributed by atoms with van der Waals surface area (Å²) < 4.78 is 28.0. The van der Waals surface area contributed by atoms with E-state index in [0.717, 1.165) is 16.5 Å². The monoisotopic (exact) mass is 441 g/mol. The van der Waals surface area contributed by atoms with Gasteiger partial charge in [0.1, 0.15) is 0 Å². The molecule has 0 radical (unpaired) electrons. The van der Waals surface area contributed by atoms with Crippen LogP contribution in [-0.2, 0) is 10.0 Å². The number of fused-ring (bicyclic) bond motifs is 1. The van der Waals surface area contributed by atoms with Crippen LogP contribution >= 0.6 is 11.6 Å². The molecule has 30 heavy (non-hydrogen) atoms. The number of nitrogens with two attached hydrogens (primary N) is 1. The molecule has 0 bridgehead atoms. The maximum absolute atomic E-state index is 11.4. The summed E-state index contributed by atoms with van der Waals surface area (Å²) in [6, 6.07) is 13.4. The van der Waals surface area contributed by atoms with Gasteiger partial charge in [-0.2, -0.15) is 0 Å². The van der Waals surface area contributed by atoms with E-state index in [0.29, 0.717) is 28.1 Å². The average molecular weight is 442 g/mol. The smallest absolute Gasteiger partial charge is 0.238 e. The maximum atomic E-state index is 11.4. The summed E-state index contributed by atoms with van der Waals surface area (Å²) in [5, 5.41) is 9.49. The third kappa shape index (κ3) is 4.04. The summed E-state index contributed by atoms with van der Waals surface area (Å²) in [6.45, 7) is 0. The summed E-state index contributed by atoms with van der Waals surface area (Å²) in [4.78, 5) is 13.1. The Kier molecular flexibility index (Phi) is 5.25. The Morgan fingerprint density at radius 2 is 1.80 bits per heavy atom. The second-order valence-electron chi connectivity index (χ2n) is 6.34. The molecule has 10 heteroatoms. The number of sulfonamides is 1. The minimum atomic E-state index is -3.75. The quantitative estimate of drug-likeness (QED) is 0.483. The van der Waals surface area contributed by atoms with Gasteiger partial charge in [0.05, 0.1) is 28.7 Å². The van der Waals surface area contributed by atoms with Crippen LogP contribution < -0.4 is 15.2 Å². The molecular formula is C20H16ClN5O3S. The van der Waals surface area contributed by atoms with E-state index in [9.17, 15) is 8.42 Å². The van der Waals surface area contributed by atoms with Crippen LogP contribution in [0.5, 0.6) is 5.88 Å². The van der Waals surface area contributed by atoms with Gasteiger partial charge in [-0.3, -0.25) is 0 Å². The van der Waals surface area contributed by atoms with Crippen molar-refractivity contribution in [3.05, 3.63) is 65.9 Å². The molecule has 0 fully saturated rings. The van der Waals surface area contributed by atoms with Crippen LogP contribution in [0.1, 0.15) is 0 Å². The maximum Gasteiger partial charge on any atom is 0.238 e. The predicted octanol–water partition coefficient (Wildman–Crippen LogP) is 3.74. The normalized spacial score (nSPS) is 11.4. The molecule has 0 aliphatic heterocycles. The Morgan fingerprint density at radius 1 is 1.03 bits per heavy atom. The van der Waals surface area contributed by atoms with Gasteiger partial charge in [-0.15, -0.1) is 0 Å². The fraction of sp³-hybridized carbons (Fsp3) is 0.0500. The molecule has 0 aliphatic carbocycles. The first-order valence-electron chi connectivity index (χ1n) is 8.71. The Labute approximate surface area is 177 Å². The Hall–Kier alpha value is -3.27. The fourth-order valence-electron chi connectivity index (χ4n) is 2.93. The molecule has 0 aliphatic rings. The van der Waals surface area contributed by atoms with Gasteiger partial charge >= 0.3 is 0 Å². The van der Waals surface area contributed by atoms with Crippen molar-refractivity contribution in [3.8, 4) is 17.0 Å². The standard InChI is InChI=1S/C20H16ClN5O3S/c1-29-18-9-16(17(21)11-23-18)15-4-2-3-12-10-24-20(26-19(12)15)25-13-5-7-14(8-6-13)30(22,27)28/h2-11H,1H3,(H2,22,27,28)(H,24,25,26). The first-order valence-corrected chi connectivity index (χ1v) is 10.6. The van der Waals surface area contributed by atoms with Gasteiger partial charge in [0.25, 0.3) is 0 Å². The highest BCUT2D eigenvalue weighted by Gasteiger charge is 2.13. The second kappa shape index (κ2) is 7.86. The number of primary sulfonamides is 1. The lowest BCUT2D eigenvalue weighted by Crippen LogP contribution is -2.11. The number of methoxy groups -OCH3 is 1. The molecule has 8 nitrogen and oxygen atoms in total. The molecule has 2 aromatic carbocycles. The summed E-state index contributed by atoms with van der Waals surface area (Å²) in [5.41, 5.74) is 2.83. The van der Waals surface area contributed by atoms with Crippen molar-refractivity contribution in [1.82, 2.24) is 15.0 Å². The molecular weight excluding hydrogens is 426 g/mol. The van der Waals surface area contributed by atoms with Crippen molar-refractivity contribution in [2.24, 2.45) is 5.14 Å². The molecule has 0 amide bonds. The van der Waals surface area contributed by atoms with Gasteiger partial charge in [-0.1, -0.05) is 29.8 Å². The van der Waals surface area contributed by atoms with E-state index in [2.05, 4.69) is 20.3 Å². The van der Waals surface area contributed by atoms with Gasteiger partial charge in [-0.05, 0) is 24.3 Å². The van der Waals surface area contributed by atoms with Crippen molar-refractivity contribution in [3.63, 3.8) is 0 Å². The summed E-state index contributed by atoms with van der Waals surface area (Å²) >= 11 is 6.37. The van der Waals surface area contributed by atoms with Crippen LogP contribution in [0.4, 0.5) is 11.6 Å². The number of hydrogen-bond donors (Lipinski definition) is 2. The van der Waals surface area contributed by atoms with E-state index in [1.54, 1.807) is 24.4 Å². The van der Waals surface area contributed by atoms with Crippen LogP contribution in [0, 0.1) is 0 Å². The van der Waals surface area contributed by atoms with Crippen molar-refractivity contribution >= 4 is 44.2 Å². The number of anilines is 2. The molecule has 0 atom stereocenters. The third-order valence-electron chi connectivity index (χ3n) is 4.38. The zero-order valence-electron chi connectivity index (χ0n) is 15.7. The lowest BCUT2D eigenvalue weighted by molar-refractivity contribution is 0.398. The van der Waals surface area contributed by atoms with E-state index in [1.807, 2.05) is 18.2 Å². The van der Waals surface area contributed by atoms with Gasteiger partial charge in [0, 0.05) is 34.5 Å². The minimum Gasteiger partial charge on any atom is -0.481 e. The topological polar surface area (TPSA) is 120 Å². The zero-order valence-corrected chi connectivity index (χ0v) is 17.3. The molecule has 0 unspecified atom stereocenters. The molecule has 0 saturated carbocycles. The number of ether oxygens (including phenoxy) is 1. The van der Waals surface area contributed by atoms with Crippen LogP contribution in [-0.4, -0.2) is 30.5 Å². The minimum absolute atomic E-state index is 0.0241. The molecule has 2 aromatic heterocycles. The number of nitrogens with one attached hydrogen (secondary N) is 1. The molecule has 0 saturated heterocycles. The second-order valence-corrected chi connectivity index (χ2v) is 8.31. The van der Waals surface area contributed by atoms with Gasteiger partial charge in [-0.25, -0.2) is 28.5 Å². The Morgan fingerprint density at radius 3 is 2.50 bits per heavy atom. The number of para-hydroxylation sites is 1. The largest absolute Gasteiger partial charge is 0.481 e. The summed E-state index contributed by atoms with van der Waals surface area (Å²) in [7, 11) is -2.22. The average Bonchev–Trinajstić information content (AvgIpc) is 2.73. The molecule has 2 heterocycles. The van der Waals surface area contributed by atoms with Gasteiger partial charge in [0.2, 0.25) is 21.9 Å². The predicted molar refractivity (Wildman–Crippen MR) is 115 cm³/mol. The molecule has 3 N–H and O–H groups in total. The van der Waals surface area contributed by atoms with E-state index in [4.69, 9.17) is 21.5 Å². The Bertz CT molecular complexity index is 1340. The van der Waals surface area contributed by atoms with E-state index >= 15 is 0 Å². The Balaban J connectivity index is 1.75. The highest BCUT2D eigenvalue weighted by atomic mass is 35.5. The number of nitrogens with zero attached hydrogens (tertiary/aromatic N) is 3. The molecule has 4 aromatic rings. The van der Waals surface area contributed by atoms with Crippen molar-refractivity contribution in [1.29, 1.82) is 0 Å². The highest BCUT2D eigenvalue weighted by molar-refractivity contribution is 7.89. The molecule has 152 valence electrons. The number of hydrogen-bond acceptors (Lipinski definition) is 7. The van der Waals surface area contributed by atoms with Crippen LogP contribution in [0.25, 0.3) is 22.0 Å². The lowest BCUT2D eigenvalue weighted by atomic mass is 10.0. The highest BCUT2D eigenvalue weighted by Crippen LogP contribution is 2.34. The first-order chi connectivity index (χ1) is 14.3. The summed E-state index contributed by atoms with van der Waals surface area (Å²) in [5.74, 6) is 0.782. The number of aromatic nitrogens is 3. The van der Waals surface area contributed by atoms with Gasteiger partial charge < -0.3 is 10.1 Å². The van der Waals surface area contributed by atoms with Gasteiger partial charge in [0.15, 0.2) is 0 Å². The first kappa shape index (κ1) is 20.0. The van der Waals surface area contributed by atoms with E-state index in [-0.39, 0.29) is 4.90 Å².